The molecule has 4 rings (SSSR count). The third-order valence-electron chi connectivity index (χ3n) is 5.02. The molecule has 1 aliphatic heterocycles. The molecule has 0 bridgehead atoms. The van der Waals surface area contributed by atoms with Crippen LogP contribution in [0.2, 0.25) is 0 Å². The summed E-state index contributed by atoms with van der Waals surface area (Å²) in [4.78, 5) is 17.8. The van der Waals surface area contributed by atoms with Crippen molar-refractivity contribution in [3.63, 3.8) is 0 Å². The highest BCUT2D eigenvalue weighted by Gasteiger charge is 2.39. The first-order chi connectivity index (χ1) is 12.4. The first-order valence-electron chi connectivity index (χ1n) is 8.84. The molecule has 2 aliphatic rings. The van der Waals surface area contributed by atoms with Crippen molar-refractivity contribution in [3.05, 3.63) is 40.8 Å². The molecule has 2 aromatic heterocycles. The van der Waals surface area contributed by atoms with Crippen molar-refractivity contribution in [3.8, 4) is 5.82 Å². The summed E-state index contributed by atoms with van der Waals surface area (Å²) in [7, 11) is 0. The average Bonchev–Trinajstić information content (AvgIpc) is 3.19. The Bertz CT molecular complexity index is 826. The number of rotatable bonds is 3. The minimum Gasteiger partial charge on any atom is -0.338 e. The zero-order chi connectivity index (χ0) is 18.3. The molecule has 1 saturated heterocycles. The summed E-state index contributed by atoms with van der Waals surface area (Å²) >= 11 is 0. The summed E-state index contributed by atoms with van der Waals surface area (Å²) < 4.78 is 41.2. The molecule has 8 heteroatoms. The number of hydrogen-bond acceptors (Lipinski definition) is 3. The highest BCUT2D eigenvalue weighted by atomic mass is 19.4. The van der Waals surface area contributed by atoms with Gasteiger partial charge < -0.3 is 4.90 Å². The van der Waals surface area contributed by atoms with Crippen molar-refractivity contribution in [1.82, 2.24) is 19.7 Å². The van der Waals surface area contributed by atoms with Gasteiger partial charge >= 0.3 is 6.18 Å². The standard InChI is InChI=1S/C18H19F3N4O/c19-18(20,21)17-13-4-1-2-5-14(13)25(23-17)15-8-7-12(10-22-15)11-24-9-3-6-16(24)26/h7-8,10H,1-6,9,11H2. The monoisotopic (exact) mass is 364 g/mol. The number of carbonyl (C=O) groups excluding carboxylic acids is 1. The van der Waals surface area contributed by atoms with Gasteiger partial charge in [-0.3, -0.25) is 4.79 Å². The van der Waals surface area contributed by atoms with Gasteiger partial charge in [0, 0.05) is 37.0 Å². The molecule has 26 heavy (non-hydrogen) atoms. The number of carbonyl (C=O) groups is 1. The van der Waals surface area contributed by atoms with Crippen molar-refractivity contribution < 1.29 is 18.0 Å². The van der Waals surface area contributed by atoms with Gasteiger partial charge in [-0.1, -0.05) is 6.07 Å². The topological polar surface area (TPSA) is 51.0 Å². The van der Waals surface area contributed by atoms with Crippen LogP contribution in [0, 0.1) is 0 Å². The molecule has 0 N–H and O–H groups in total. The van der Waals surface area contributed by atoms with Crippen LogP contribution in [0.5, 0.6) is 0 Å². The van der Waals surface area contributed by atoms with E-state index in [1.165, 1.54) is 4.68 Å². The molecule has 0 aromatic carbocycles. The normalized spacial score (nSPS) is 17.7. The lowest BCUT2D eigenvalue weighted by Crippen LogP contribution is -2.23. The number of halogens is 3. The van der Waals surface area contributed by atoms with Gasteiger partial charge in [-0.2, -0.15) is 18.3 Å². The zero-order valence-electron chi connectivity index (χ0n) is 14.2. The predicted molar refractivity (Wildman–Crippen MR) is 87.7 cm³/mol. The summed E-state index contributed by atoms with van der Waals surface area (Å²) in [5.41, 5.74) is 0.984. The minimum absolute atomic E-state index is 0.130. The molecule has 1 fully saturated rings. The Balaban J connectivity index is 1.63. The second kappa shape index (κ2) is 6.41. The van der Waals surface area contributed by atoms with Crippen LogP contribution in [-0.2, 0) is 30.4 Å². The third kappa shape index (κ3) is 3.08. The molecule has 138 valence electrons. The van der Waals surface area contributed by atoms with Gasteiger partial charge in [-0.05, 0) is 43.7 Å². The number of aromatic nitrogens is 3. The smallest absolute Gasteiger partial charge is 0.338 e. The maximum atomic E-state index is 13.3. The molecule has 0 atom stereocenters. The Morgan fingerprint density at radius 3 is 2.54 bits per heavy atom. The van der Waals surface area contributed by atoms with Gasteiger partial charge in [0.1, 0.15) is 0 Å². The minimum atomic E-state index is -4.46. The first-order valence-corrected chi connectivity index (χ1v) is 8.84. The van der Waals surface area contributed by atoms with Crippen molar-refractivity contribution in [2.75, 3.05) is 6.54 Å². The van der Waals surface area contributed by atoms with E-state index in [4.69, 9.17) is 0 Å². The molecule has 5 nitrogen and oxygen atoms in total. The average molecular weight is 364 g/mol. The summed E-state index contributed by atoms with van der Waals surface area (Å²) in [5.74, 6) is 0.514. The summed E-state index contributed by atoms with van der Waals surface area (Å²) in [5, 5.41) is 3.84. The van der Waals surface area contributed by atoms with Crippen molar-refractivity contribution in [1.29, 1.82) is 0 Å². The van der Waals surface area contributed by atoms with Crippen molar-refractivity contribution in [2.45, 2.75) is 51.2 Å². The highest BCUT2D eigenvalue weighted by Crippen LogP contribution is 2.36. The van der Waals surface area contributed by atoms with Gasteiger partial charge in [0.2, 0.25) is 5.91 Å². The lowest BCUT2D eigenvalue weighted by Gasteiger charge is -2.16. The largest absolute Gasteiger partial charge is 0.435 e. The lowest BCUT2D eigenvalue weighted by molar-refractivity contribution is -0.142. The Hall–Kier alpha value is -2.38. The third-order valence-corrected chi connectivity index (χ3v) is 5.02. The fourth-order valence-electron chi connectivity index (χ4n) is 3.74. The molecule has 1 aliphatic carbocycles. The van der Waals surface area contributed by atoms with E-state index in [1.807, 2.05) is 0 Å². The predicted octanol–water partition coefficient (Wildman–Crippen LogP) is 3.29. The van der Waals surface area contributed by atoms with E-state index in [0.717, 1.165) is 31.4 Å². The second-order valence-corrected chi connectivity index (χ2v) is 6.83. The number of hydrogen-bond donors (Lipinski definition) is 0. The van der Waals surface area contributed by atoms with Gasteiger partial charge in [0.15, 0.2) is 11.5 Å². The van der Waals surface area contributed by atoms with E-state index in [9.17, 15) is 18.0 Å². The molecule has 1 amide bonds. The van der Waals surface area contributed by atoms with E-state index in [1.54, 1.807) is 23.2 Å². The Labute approximate surface area is 148 Å². The second-order valence-electron chi connectivity index (χ2n) is 6.83. The number of pyridine rings is 1. The van der Waals surface area contributed by atoms with Crippen LogP contribution in [0.15, 0.2) is 18.3 Å². The molecular weight excluding hydrogens is 345 g/mol. The maximum Gasteiger partial charge on any atom is 0.435 e. The maximum absolute atomic E-state index is 13.3. The first kappa shape index (κ1) is 17.1. The number of nitrogens with zero attached hydrogens (tertiary/aromatic N) is 4. The number of alkyl halides is 3. The number of amides is 1. The quantitative estimate of drug-likeness (QED) is 0.840. The van der Waals surface area contributed by atoms with Crippen LogP contribution in [0.3, 0.4) is 0 Å². The summed E-state index contributed by atoms with van der Waals surface area (Å²) in [6.07, 6.45) is 1.18. The van der Waals surface area contributed by atoms with Crippen LogP contribution >= 0.6 is 0 Å². The Kier molecular flexibility index (Phi) is 4.20. The van der Waals surface area contributed by atoms with E-state index in [2.05, 4.69) is 10.1 Å². The highest BCUT2D eigenvalue weighted by molar-refractivity contribution is 5.78. The molecule has 2 aromatic rings. The van der Waals surface area contributed by atoms with E-state index in [0.29, 0.717) is 42.9 Å². The molecule has 0 spiro atoms. The summed E-state index contributed by atoms with van der Waals surface area (Å²) in [6.45, 7) is 1.22. The fourth-order valence-corrected chi connectivity index (χ4v) is 3.74. The van der Waals surface area contributed by atoms with Crippen molar-refractivity contribution in [2.24, 2.45) is 0 Å². The van der Waals surface area contributed by atoms with Gasteiger partial charge in [0.05, 0.1) is 0 Å². The van der Waals surface area contributed by atoms with E-state index < -0.39 is 11.9 Å². The lowest BCUT2D eigenvalue weighted by atomic mass is 9.95. The van der Waals surface area contributed by atoms with Crippen LogP contribution < -0.4 is 0 Å². The van der Waals surface area contributed by atoms with Crippen LogP contribution in [-0.4, -0.2) is 32.1 Å². The summed E-state index contributed by atoms with van der Waals surface area (Å²) in [6, 6.07) is 3.48. The molecular formula is C18H19F3N4O. The van der Waals surface area contributed by atoms with Crippen LogP contribution in [0.1, 0.15) is 48.2 Å². The van der Waals surface area contributed by atoms with Crippen LogP contribution in [0.25, 0.3) is 5.82 Å². The van der Waals surface area contributed by atoms with Gasteiger partial charge in [-0.25, -0.2) is 9.67 Å². The number of fused-ring (bicyclic) bond motifs is 1. The Morgan fingerprint density at radius 2 is 1.88 bits per heavy atom. The molecule has 0 saturated carbocycles. The molecule has 3 heterocycles. The van der Waals surface area contributed by atoms with Gasteiger partial charge in [-0.15, -0.1) is 0 Å². The fraction of sp³-hybridized carbons (Fsp3) is 0.500. The van der Waals surface area contributed by atoms with Crippen LogP contribution in [0.4, 0.5) is 13.2 Å². The molecule has 0 unspecified atom stereocenters. The SMILES string of the molecule is O=C1CCCN1Cc1ccc(-n2nc(C(F)(F)F)c3c2CCCC3)nc1. The Morgan fingerprint density at radius 1 is 1.08 bits per heavy atom. The molecule has 0 radical (unpaired) electrons. The van der Waals surface area contributed by atoms with E-state index in [-0.39, 0.29) is 5.91 Å². The van der Waals surface area contributed by atoms with Gasteiger partial charge in [0.25, 0.3) is 0 Å². The number of likely N-dealkylation sites (tertiary alicyclic amines) is 1. The van der Waals surface area contributed by atoms with E-state index >= 15 is 0 Å². The zero-order valence-corrected chi connectivity index (χ0v) is 14.2. The van der Waals surface area contributed by atoms with Crippen molar-refractivity contribution >= 4 is 5.91 Å².